The van der Waals surface area contributed by atoms with E-state index in [2.05, 4.69) is 36.7 Å². The van der Waals surface area contributed by atoms with Crippen molar-refractivity contribution in [3.63, 3.8) is 0 Å². The van der Waals surface area contributed by atoms with Gasteiger partial charge in [0, 0.05) is 4.83 Å². The van der Waals surface area contributed by atoms with Gasteiger partial charge in [0.05, 0.1) is 0 Å². The third-order valence-corrected chi connectivity index (χ3v) is 2.88. The lowest BCUT2D eigenvalue weighted by molar-refractivity contribution is 0.372. The van der Waals surface area contributed by atoms with Crippen LogP contribution in [-0.4, -0.2) is 4.83 Å². The first-order chi connectivity index (χ1) is 6.88. The number of alkyl halides is 1. The molecule has 0 saturated carbocycles. The van der Waals surface area contributed by atoms with Crippen LogP contribution in [0.15, 0.2) is 24.3 Å². The predicted octanol–water partition coefficient (Wildman–Crippen LogP) is 4.57. The molecule has 1 atom stereocenters. The smallest absolute Gasteiger partial charge is 0.126 e. The molecule has 0 aliphatic carbocycles. The van der Waals surface area contributed by atoms with Crippen LogP contribution in [-0.2, 0) is 6.42 Å². The van der Waals surface area contributed by atoms with E-state index in [0.717, 1.165) is 18.4 Å². The molecule has 0 N–H and O–H groups in total. The Kier molecular flexibility index (Phi) is 4.32. The van der Waals surface area contributed by atoms with Crippen LogP contribution in [0.2, 0.25) is 0 Å². The Balaban J connectivity index is 2.59. The molecular formula is C13H18BrF. The van der Waals surface area contributed by atoms with Crippen LogP contribution in [0.4, 0.5) is 4.39 Å². The van der Waals surface area contributed by atoms with E-state index in [1.807, 2.05) is 12.1 Å². The Bertz CT molecular complexity index is 315. The quantitative estimate of drug-likeness (QED) is 0.708. The third-order valence-electron chi connectivity index (χ3n) is 2.23. The van der Waals surface area contributed by atoms with E-state index in [-0.39, 0.29) is 11.2 Å². The zero-order valence-electron chi connectivity index (χ0n) is 9.56. The van der Waals surface area contributed by atoms with Crippen LogP contribution in [0.3, 0.4) is 0 Å². The maximum Gasteiger partial charge on any atom is 0.126 e. The molecule has 84 valence electrons. The van der Waals surface area contributed by atoms with Crippen LogP contribution in [0, 0.1) is 11.2 Å². The maximum atomic E-state index is 13.4. The van der Waals surface area contributed by atoms with Crippen LogP contribution >= 0.6 is 15.9 Å². The van der Waals surface area contributed by atoms with Crippen molar-refractivity contribution in [3.05, 3.63) is 35.6 Å². The molecule has 0 saturated heterocycles. The topological polar surface area (TPSA) is 0 Å². The van der Waals surface area contributed by atoms with Crippen molar-refractivity contribution in [3.8, 4) is 0 Å². The first kappa shape index (κ1) is 12.7. The van der Waals surface area contributed by atoms with Crippen molar-refractivity contribution in [1.82, 2.24) is 0 Å². The van der Waals surface area contributed by atoms with Crippen LogP contribution in [0.5, 0.6) is 0 Å². The molecule has 0 aromatic heterocycles. The average molecular weight is 273 g/mol. The Hall–Kier alpha value is -0.370. The summed E-state index contributed by atoms with van der Waals surface area (Å²) < 4.78 is 13.4. The first-order valence-corrected chi connectivity index (χ1v) is 6.17. The molecule has 15 heavy (non-hydrogen) atoms. The summed E-state index contributed by atoms with van der Waals surface area (Å²) in [5.74, 6) is -0.101. The third kappa shape index (κ3) is 4.78. The van der Waals surface area contributed by atoms with E-state index in [0.29, 0.717) is 4.83 Å². The van der Waals surface area contributed by atoms with Gasteiger partial charge in [-0.1, -0.05) is 54.9 Å². The summed E-state index contributed by atoms with van der Waals surface area (Å²) in [5.41, 5.74) is 1.07. The van der Waals surface area contributed by atoms with Crippen molar-refractivity contribution in [2.75, 3.05) is 0 Å². The number of halogens is 2. The Morgan fingerprint density at radius 2 is 1.87 bits per heavy atom. The molecule has 1 rings (SSSR count). The summed E-state index contributed by atoms with van der Waals surface area (Å²) in [4.78, 5) is 0.342. The van der Waals surface area contributed by atoms with Crippen LogP contribution in [0.25, 0.3) is 0 Å². The molecule has 0 aliphatic heterocycles. The van der Waals surface area contributed by atoms with Gasteiger partial charge in [-0.3, -0.25) is 0 Å². The van der Waals surface area contributed by atoms with Crippen LogP contribution in [0.1, 0.15) is 32.8 Å². The van der Waals surface area contributed by atoms with Crippen molar-refractivity contribution in [2.24, 2.45) is 5.41 Å². The van der Waals surface area contributed by atoms with Crippen molar-refractivity contribution < 1.29 is 4.39 Å². The van der Waals surface area contributed by atoms with Crippen molar-refractivity contribution in [1.29, 1.82) is 0 Å². The SMILES string of the molecule is CC(C)(C)CC(Br)Cc1ccccc1F. The molecule has 1 unspecified atom stereocenters. The molecule has 0 nitrogen and oxygen atoms in total. The molecule has 0 bridgehead atoms. The lowest BCUT2D eigenvalue weighted by atomic mass is 9.89. The molecule has 0 spiro atoms. The standard InChI is InChI=1S/C13H18BrF/c1-13(2,3)9-11(14)8-10-6-4-5-7-12(10)15/h4-7,11H,8-9H2,1-3H3. The lowest BCUT2D eigenvalue weighted by Crippen LogP contribution is -2.15. The predicted molar refractivity (Wildman–Crippen MR) is 66.9 cm³/mol. The molecule has 0 radical (unpaired) electrons. The summed E-state index contributed by atoms with van der Waals surface area (Å²) in [6.45, 7) is 6.59. The van der Waals surface area contributed by atoms with E-state index in [1.165, 1.54) is 6.07 Å². The normalized spacial score (nSPS) is 13.9. The molecule has 0 aliphatic rings. The number of hydrogen-bond donors (Lipinski definition) is 0. The highest BCUT2D eigenvalue weighted by Gasteiger charge is 2.17. The first-order valence-electron chi connectivity index (χ1n) is 5.26. The molecular weight excluding hydrogens is 255 g/mol. The minimum atomic E-state index is -0.101. The second-order valence-electron chi connectivity index (χ2n) is 5.16. The zero-order chi connectivity index (χ0) is 11.5. The second-order valence-corrected chi connectivity index (χ2v) is 6.45. The van der Waals surface area contributed by atoms with Gasteiger partial charge >= 0.3 is 0 Å². The molecule has 1 aromatic carbocycles. The van der Waals surface area contributed by atoms with Crippen molar-refractivity contribution in [2.45, 2.75) is 38.4 Å². The Morgan fingerprint density at radius 1 is 1.27 bits per heavy atom. The fraction of sp³-hybridized carbons (Fsp3) is 0.538. The highest BCUT2D eigenvalue weighted by molar-refractivity contribution is 9.09. The minimum absolute atomic E-state index is 0.101. The Morgan fingerprint density at radius 3 is 2.40 bits per heavy atom. The van der Waals surface area contributed by atoms with Crippen LogP contribution < -0.4 is 0 Å². The van der Waals surface area contributed by atoms with E-state index in [4.69, 9.17) is 0 Å². The number of hydrogen-bond acceptors (Lipinski definition) is 0. The number of benzene rings is 1. The van der Waals surface area contributed by atoms with E-state index >= 15 is 0 Å². The minimum Gasteiger partial charge on any atom is -0.207 e. The van der Waals surface area contributed by atoms with Crippen molar-refractivity contribution >= 4 is 15.9 Å². The summed E-state index contributed by atoms with van der Waals surface area (Å²) in [7, 11) is 0. The van der Waals surface area contributed by atoms with Gasteiger partial charge in [0.15, 0.2) is 0 Å². The summed E-state index contributed by atoms with van der Waals surface area (Å²) >= 11 is 3.62. The monoisotopic (exact) mass is 272 g/mol. The fourth-order valence-corrected chi connectivity index (χ4v) is 2.96. The molecule has 0 amide bonds. The van der Waals surface area contributed by atoms with E-state index < -0.39 is 0 Å². The number of rotatable bonds is 3. The van der Waals surface area contributed by atoms with E-state index in [1.54, 1.807) is 6.07 Å². The maximum absolute atomic E-state index is 13.4. The molecule has 0 heterocycles. The molecule has 1 aromatic rings. The summed E-state index contributed by atoms with van der Waals surface area (Å²) in [6, 6.07) is 6.99. The second kappa shape index (κ2) is 5.11. The summed E-state index contributed by atoms with van der Waals surface area (Å²) in [6.07, 6.45) is 1.80. The highest BCUT2D eigenvalue weighted by atomic mass is 79.9. The van der Waals surface area contributed by atoms with E-state index in [9.17, 15) is 4.39 Å². The zero-order valence-corrected chi connectivity index (χ0v) is 11.1. The largest absolute Gasteiger partial charge is 0.207 e. The van der Waals surface area contributed by atoms with Gasteiger partial charge in [-0.25, -0.2) is 4.39 Å². The van der Waals surface area contributed by atoms with Gasteiger partial charge in [-0.2, -0.15) is 0 Å². The van der Waals surface area contributed by atoms with Gasteiger partial charge in [-0.15, -0.1) is 0 Å². The van der Waals surface area contributed by atoms with Gasteiger partial charge < -0.3 is 0 Å². The molecule has 2 heteroatoms. The molecule has 0 fully saturated rings. The van der Waals surface area contributed by atoms with Gasteiger partial charge in [0.25, 0.3) is 0 Å². The van der Waals surface area contributed by atoms with Gasteiger partial charge in [0.2, 0.25) is 0 Å². The average Bonchev–Trinajstić information content (AvgIpc) is 2.05. The van der Waals surface area contributed by atoms with Gasteiger partial charge in [0.1, 0.15) is 5.82 Å². The van der Waals surface area contributed by atoms with Gasteiger partial charge in [-0.05, 0) is 29.9 Å². The lowest BCUT2D eigenvalue weighted by Gasteiger charge is -2.22. The summed E-state index contributed by atoms with van der Waals surface area (Å²) in [5, 5.41) is 0. The fourth-order valence-electron chi connectivity index (χ4n) is 1.64. The highest BCUT2D eigenvalue weighted by Crippen LogP contribution is 2.27. The Labute approximate surface area is 100 Å².